The molecule has 1 aliphatic rings. The monoisotopic (exact) mass is 428 g/mol. The van der Waals surface area contributed by atoms with E-state index in [1.54, 1.807) is 6.08 Å². The van der Waals surface area contributed by atoms with Crippen molar-refractivity contribution < 1.29 is 9.59 Å². The summed E-state index contributed by atoms with van der Waals surface area (Å²) in [5.74, 6) is 0.0443. The van der Waals surface area contributed by atoms with Gasteiger partial charge in [-0.25, -0.2) is 4.68 Å². The van der Waals surface area contributed by atoms with Crippen LogP contribution in [0, 0.1) is 5.92 Å². The molecule has 1 heterocycles. The number of para-hydroxylation sites is 1. The number of aromatic nitrogens is 2. The van der Waals surface area contributed by atoms with E-state index in [9.17, 15) is 9.59 Å². The summed E-state index contributed by atoms with van der Waals surface area (Å²) in [5.41, 5.74) is 3.59. The fraction of sp³-hybridized carbons (Fsp3) is 0.269. The van der Waals surface area contributed by atoms with Gasteiger partial charge in [0.25, 0.3) is 0 Å². The van der Waals surface area contributed by atoms with Gasteiger partial charge in [0.2, 0.25) is 11.8 Å². The predicted molar refractivity (Wildman–Crippen MR) is 126 cm³/mol. The normalized spacial score (nSPS) is 14.0. The minimum atomic E-state index is -0.202. The van der Waals surface area contributed by atoms with Gasteiger partial charge in [0.05, 0.1) is 11.4 Å². The number of hydrogen-bond acceptors (Lipinski definition) is 3. The van der Waals surface area contributed by atoms with Gasteiger partial charge in [-0.05, 0) is 31.1 Å². The second kappa shape index (κ2) is 10.6. The SMILES string of the molecule is O=C(/C=C/c1cn(-c2ccccc2)nc1-c1ccccc1)NCCNC(=O)C1CCCC1. The zero-order valence-corrected chi connectivity index (χ0v) is 18.0. The molecule has 0 bridgehead atoms. The lowest BCUT2D eigenvalue weighted by Crippen LogP contribution is -2.36. The lowest BCUT2D eigenvalue weighted by molar-refractivity contribution is -0.125. The molecule has 1 aromatic heterocycles. The molecule has 6 nitrogen and oxygen atoms in total. The first-order chi connectivity index (χ1) is 15.7. The first kappa shape index (κ1) is 21.6. The van der Waals surface area contributed by atoms with Crippen LogP contribution < -0.4 is 10.6 Å². The molecule has 0 atom stereocenters. The second-order valence-electron chi connectivity index (χ2n) is 7.98. The molecule has 0 spiro atoms. The van der Waals surface area contributed by atoms with E-state index < -0.39 is 0 Å². The summed E-state index contributed by atoms with van der Waals surface area (Å²) in [6.07, 6.45) is 9.42. The van der Waals surface area contributed by atoms with E-state index in [1.165, 1.54) is 6.08 Å². The van der Waals surface area contributed by atoms with Crippen molar-refractivity contribution in [2.75, 3.05) is 13.1 Å². The molecule has 6 heteroatoms. The third-order valence-electron chi connectivity index (χ3n) is 5.67. The van der Waals surface area contributed by atoms with Crippen molar-refractivity contribution >= 4 is 17.9 Å². The summed E-state index contributed by atoms with van der Waals surface area (Å²) in [6.45, 7) is 0.840. The van der Waals surface area contributed by atoms with Gasteiger partial charge < -0.3 is 10.6 Å². The predicted octanol–water partition coefficient (Wildman–Crippen LogP) is 3.98. The molecule has 1 aliphatic carbocycles. The second-order valence-corrected chi connectivity index (χ2v) is 7.98. The molecule has 2 aromatic carbocycles. The summed E-state index contributed by atoms with van der Waals surface area (Å²) in [7, 11) is 0. The number of amides is 2. The van der Waals surface area contributed by atoms with Crippen LogP contribution in [-0.2, 0) is 9.59 Å². The van der Waals surface area contributed by atoms with Crippen molar-refractivity contribution in [3.05, 3.63) is 78.5 Å². The summed E-state index contributed by atoms with van der Waals surface area (Å²) in [5, 5.41) is 10.5. The highest BCUT2D eigenvalue weighted by Crippen LogP contribution is 2.25. The summed E-state index contributed by atoms with van der Waals surface area (Å²) < 4.78 is 1.82. The molecule has 2 amide bonds. The highest BCUT2D eigenvalue weighted by Gasteiger charge is 2.21. The van der Waals surface area contributed by atoms with Crippen molar-refractivity contribution in [3.63, 3.8) is 0 Å². The number of hydrogen-bond donors (Lipinski definition) is 2. The van der Waals surface area contributed by atoms with Gasteiger partial charge in [-0.3, -0.25) is 9.59 Å². The molecule has 1 fully saturated rings. The lowest BCUT2D eigenvalue weighted by atomic mass is 10.1. The van der Waals surface area contributed by atoms with Crippen LogP contribution in [0.3, 0.4) is 0 Å². The van der Waals surface area contributed by atoms with E-state index >= 15 is 0 Å². The highest BCUT2D eigenvalue weighted by atomic mass is 16.2. The van der Waals surface area contributed by atoms with Crippen LogP contribution in [0.2, 0.25) is 0 Å². The molecule has 1 saturated carbocycles. The Morgan fingerprint density at radius 1 is 0.938 bits per heavy atom. The molecule has 164 valence electrons. The Labute approximate surface area is 188 Å². The van der Waals surface area contributed by atoms with Crippen molar-refractivity contribution in [1.82, 2.24) is 20.4 Å². The number of nitrogens with one attached hydrogen (secondary N) is 2. The van der Waals surface area contributed by atoms with Crippen LogP contribution in [0.25, 0.3) is 23.0 Å². The number of benzene rings is 2. The molecule has 32 heavy (non-hydrogen) atoms. The van der Waals surface area contributed by atoms with Crippen LogP contribution in [0.1, 0.15) is 31.2 Å². The topological polar surface area (TPSA) is 76.0 Å². The van der Waals surface area contributed by atoms with Crippen molar-refractivity contribution in [2.24, 2.45) is 5.92 Å². The first-order valence-corrected chi connectivity index (χ1v) is 11.1. The molecule has 2 N–H and O–H groups in total. The minimum Gasteiger partial charge on any atom is -0.354 e. The molecule has 3 aromatic rings. The van der Waals surface area contributed by atoms with E-state index in [0.717, 1.165) is 48.2 Å². The lowest BCUT2D eigenvalue weighted by Gasteiger charge is -2.10. The Morgan fingerprint density at radius 3 is 2.31 bits per heavy atom. The quantitative estimate of drug-likeness (QED) is 0.421. The van der Waals surface area contributed by atoms with Crippen LogP contribution in [0.4, 0.5) is 0 Å². The molecule has 4 rings (SSSR count). The van der Waals surface area contributed by atoms with Gasteiger partial charge in [-0.15, -0.1) is 0 Å². The molecular formula is C26H28N4O2. The molecule has 0 radical (unpaired) electrons. The van der Waals surface area contributed by atoms with E-state index in [2.05, 4.69) is 10.6 Å². The molecular weight excluding hydrogens is 400 g/mol. The van der Waals surface area contributed by atoms with Crippen LogP contribution >= 0.6 is 0 Å². The first-order valence-electron chi connectivity index (χ1n) is 11.1. The van der Waals surface area contributed by atoms with Gasteiger partial charge in [0.15, 0.2) is 0 Å². The van der Waals surface area contributed by atoms with Gasteiger partial charge in [-0.1, -0.05) is 61.4 Å². The van der Waals surface area contributed by atoms with Crippen LogP contribution in [-0.4, -0.2) is 34.7 Å². The summed E-state index contributed by atoms with van der Waals surface area (Å²) >= 11 is 0. The Hall–Kier alpha value is -3.67. The zero-order valence-electron chi connectivity index (χ0n) is 18.0. The Bertz CT molecular complexity index is 1070. The highest BCUT2D eigenvalue weighted by molar-refractivity contribution is 5.92. The van der Waals surface area contributed by atoms with E-state index in [-0.39, 0.29) is 17.7 Å². The summed E-state index contributed by atoms with van der Waals surface area (Å²) in [4.78, 5) is 24.3. The van der Waals surface area contributed by atoms with Crippen LogP contribution in [0.5, 0.6) is 0 Å². The standard InChI is InChI=1S/C26H28N4O2/c31-24(27-17-18-28-26(32)21-11-7-8-12-21)16-15-22-19-30(23-13-5-2-6-14-23)29-25(22)20-9-3-1-4-10-20/h1-6,9-10,13-16,19,21H,7-8,11-12,17-18H2,(H,27,31)(H,28,32)/b16-15+. The van der Waals surface area contributed by atoms with E-state index in [1.807, 2.05) is 71.5 Å². The van der Waals surface area contributed by atoms with Crippen molar-refractivity contribution in [1.29, 1.82) is 0 Å². The number of carbonyl (C=O) groups excluding carboxylic acids is 2. The van der Waals surface area contributed by atoms with Gasteiger partial charge in [-0.2, -0.15) is 5.10 Å². The van der Waals surface area contributed by atoms with Gasteiger partial charge in [0, 0.05) is 42.4 Å². The third-order valence-corrected chi connectivity index (χ3v) is 5.67. The van der Waals surface area contributed by atoms with Crippen molar-refractivity contribution in [3.8, 4) is 16.9 Å². The van der Waals surface area contributed by atoms with Gasteiger partial charge >= 0.3 is 0 Å². The maximum atomic E-state index is 12.3. The van der Waals surface area contributed by atoms with E-state index in [0.29, 0.717) is 13.1 Å². The van der Waals surface area contributed by atoms with Crippen molar-refractivity contribution in [2.45, 2.75) is 25.7 Å². The maximum absolute atomic E-state index is 12.3. The number of nitrogens with zero attached hydrogens (tertiary/aromatic N) is 2. The fourth-order valence-electron chi connectivity index (χ4n) is 3.97. The van der Waals surface area contributed by atoms with Crippen LogP contribution in [0.15, 0.2) is 72.9 Å². The largest absolute Gasteiger partial charge is 0.354 e. The smallest absolute Gasteiger partial charge is 0.244 e. The summed E-state index contributed by atoms with van der Waals surface area (Å²) in [6, 6.07) is 19.8. The number of carbonyl (C=O) groups is 2. The minimum absolute atomic E-state index is 0.105. The average Bonchev–Trinajstić information content (AvgIpc) is 3.52. The molecule has 0 saturated heterocycles. The maximum Gasteiger partial charge on any atom is 0.244 e. The average molecular weight is 429 g/mol. The third kappa shape index (κ3) is 5.52. The fourth-order valence-corrected chi connectivity index (χ4v) is 3.97. The Kier molecular flexibility index (Phi) is 7.12. The molecule has 0 unspecified atom stereocenters. The zero-order chi connectivity index (χ0) is 22.2. The van der Waals surface area contributed by atoms with Gasteiger partial charge in [0.1, 0.15) is 0 Å². The Morgan fingerprint density at radius 2 is 1.59 bits per heavy atom. The number of rotatable bonds is 8. The Balaban J connectivity index is 1.39. The molecule has 0 aliphatic heterocycles. The van der Waals surface area contributed by atoms with E-state index in [4.69, 9.17) is 5.10 Å².